The number of piperazine rings is 1. The Bertz CT molecular complexity index is 539. The molecule has 1 atom stereocenters. The van der Waals surface area contributed by atoms with Gasteiger partial charge in [0.15, 0.2) is 0 Å². The Morgan fingerprint density at radius 2 is 1.96 bits per heavy atom. The fourth-order valence-corrected chi connectivity index (χ4v) is 4.06. The number of rotatable bonds is 3. The van der Waals surface area contributed by atoms with Gasteiger partial charge in [0.2, 0.25) is 0 Å². The SMILES string of the molecule is CNC(=O)c1cccc([C@@H]2CN(C3CCCCC3)CCN2C)c1. The molecule has 0 spiro atoms. The first-order valence-corrected chi connectivity index (χ1v) is 8.95. The molecule has 1 aromatic rings. The molecule has 3 rings (SSSR count). The summed E-state index contributed by atoms with van der Waals surface area (Å²) in [5, 5.41) is 2.72. The third-order valence-corrected chi connectivity index (χ3v) is 5.53. The molecule has 1 aromatic carbocycles. The highest BCUT2D eigenvalue weighted by Crippen LogP contribution is 2.30. The van der Waals surface area contributed by atoms with E-state index in [2.05, 4.69) is 34.3 Å². The van der Waals surface area contributed by atoms with Gasteiger partial charge in [-0.3, -0.25) is 14.6 Å². The van der Waals surface area contributed by atoms with Crippen molar-refractivity contribution < 1.29 is 4.79 Å². The zero-order chi connectivity index (χ0) is 16.2. The van der Waals surface area contributed by atoms with E-state index in [1.165, 1.54) is 44.2 Å². The summed E-state index contributed by atoms with van der Waals surface area (Å²) in [6.07, 6.45) is 6.88. The predicted molar refractivity (Wildman–Crippen MR) is 93.6 cm³/mol. The molecule has 1 N–H and O–H groups in total. The molecule has 2 aliphatic rings. The predicted octanol–water partition coefficient (Wildman–Crippen LogP) is 2.67. The molecular formula is C19H29N3O. The van der Waals surface area contributed by atoms with Crippen LogP contribution in [0.15, 0.2) is 24.3 Å². The first kappa shape index (κ1) is 16.5. The van der Waals surface area contributed by atoms with E-state index >= 15 is 0 Å². The highest BCUT2D eigenvalue weighted by molar-refractivity contribution is 5.94. The zero-order valence-corrected chi connectivity index (χ0v) is 14.4. The fourth-order valence-electron chi connectivity index (χ4n) is 4.06. The maximum Gasteiger partial charge on any atom is 0.251 e. The topological polar surface area (TPSA) is 35.6 Å². The summed E-state index contributed by atoms with van der Waals surface area (Å²) in [5.41, 5.74) is 2.02. The zero-order valence-electron chi connectivity index (χ0n) is 14.4. The third-order valence-electron chi connectivity index (χ3n) is 5.53. The summed E-state index contributed by atoms with van der Waals surface area (Å²) in [7, 11) is 3.89. The van der Waals surface area contributed by atoms with Crippen molar-refractivity contribution in [3.8, 4) is 0 Å². The lowest BCUT2D eigenvalue weighted by Crippen LogP contribution is -2.51. The first-order chi connectivity index (χ1) is 11.2. The second-order valence-corrected chi connectivity index (χ2v) is 6.99. The molecular weight excluding hydrogens is 286 g/mol. The standard InChI is InChI=1S/C19H29N3O/c1-20-19(23)16-8-6-7-15(13-16)18-14-22(12-11-21(18)2)17-9-4-3-5-10-17/h6-8,13,17-18H,3-5,9-12,14H2,1-2H3,(H,20,23)/t18-/m0/s1. The van der Waals surface area contributed by atoms with Gasteiger partial charge >= 0.3 is 0 Å². The molecule has 1 saturated heterocycles. The second-order valence-electron chi connectivity index (χ2n) is 6.99. The van der Waals surface area contributed by atoms with Crippen LogP contribution in [0.3, 0.4) is 0 Å². The van der Waals surface area contributed by atoms with Crippen LogP contribution in [0.25, 0.3) is 0 Å². The van der Waals surface area contributed by atoms with Crippen LogP contribution in [0.2, 0.25) is 0 Å². The Balaban J connectivity index is 1.75. The number of likely N-dealkylation sites (N-methyl/N-ethyl adjacent to an activating group) is 1. The molecule has 1 amide bonds. The molecule has 1 heterocycles. The van der Waals surface area contributed by atoms with Crippen molar-refractivity contribution in [2.75, 3.05) is 33.7 Å². The number of carbonyl (C=O) groups excluding carboxylic acids is 1. The Morgan fingerprint density at radius 1 is 1.17 bits per heavy atom. The van der Waals surface area contributed by atoms with Crippen molar-refractivity contribution in [2.24, 2.45) is 0 Å². The van der Waals surface area contributed by atoms with Gasteiger partial charge < -0.3 is 5.32 Å². The molecule has 0 radical (unpaired) electrons. The summed E-state index contributed by atoms with van der Waals surface area (Å²) < 4.78 is 0. The fraction of sp³-hybridized carbons (Fsp3) is 0.632. The molecule has 0 bridgehead atoms. The van der Waals surface area contributed by atoms with Crippen molar-refractivity contribution in [3.05, 3.63) is 35.4 Å². The lowest BCUT2D eigenvalue weighted by Gasteiger charge is -2.44. The van der Waals surface area contributed by atoms with E-state index in [0.717, 1.165) is 24.7 Å². The third kappa shape index (κ3) is 3.75. The minimum Gasteiger partial charge on any atom is -0.355 e. The van der Waals surface area contributed by atoms with E-state index in [-0.39, 0.29) is 5.91 Å². The normalized spacial score (nSPS) is 24.5. The van der Waals surface area contributed by atoms with Crippen molar-refractivity contribution in [2.45, 2.75) is 44.2 Å². The van der Waals surface area contributed by atoms with Gasteiger partial charge in [0.25, 0.3) is 5.91 Å². The summed E-state index contributed by atoms with van der Waals surface area (Å²) in [4.78, 5) is 17.0. The van der Waals surface area contributed by atoms with Crippen molar-refractivity contribution >= 4 is 5.91 Å². The highest BCUT2D eigenvalue weighted by Gasteiger charge is 2.30. The average Bonchev–Trinajstić information content (AvgIpc) is 2.62. The molecule has 1 saturated carbocycles. The van der Waals surface area contributed by atoms with Gasteiger partial charge in [-0.05, 0) is 37.6 Å². The van der Waals surface area contributed by atoms with Gasteiger partial charge in [-0.1, -0.05) is 31.4 Å². The van der Waals surface area contributed by atoms with Crippen molar-refractivity contribution in [3.63, 3.8) is 0 Å². The van der Waals surface area contributed by atoms with E-state index in [4.69, 9.17) is 0 Å². The number of nitrogens with one attached hydrogen (secondary N) is 1. The molecule has 4 heteroatoms. The number of hydrogen-bond acceptors (Lipinski definition) is 3. The Labute approximate surface area is 139 Å². The van der Waals surface area contributed by atoms with E-state index in [1.54, 1.807) is 7.05 Å². The average molecular weight is 315 g/mol. The van der Waals surface area contributed by atoms with Gasteiger partial charge in [-0.15, -0.1) is 0 Å². The number of amides is 1. The lowest BCUT2D eigenvalue weighted by atomic mass is 9.92. The van der Waals surface area contributed by atoms with Crippen LogP contribution < -0.4 is 5.32 Å². The van der Waals surface area contributed by atoms with E-state index < -0.39 is 0 Å². The van der Waals surface area contributed by atoms with E-state index in [9.17, 15) is 4.79 Å². The van der Waals surface area contributed by atoms with Crippen molar-refractivity contribution in [1.82, 2.24) is 15.1 Å². The summed E-state index contributed by atoms with van der Waals surface area (Å²) in [6.45, 7) is 3.36. The van der Waals surface area contributed by atoms with Gasteiger partial charge in [-0.2, -0.15) is 0 Å². The van der Waals surface area contributed by atoms with Crippen LogP contribution in [0.1, 0.15) is 54.1 Å². The Kier molecular flexibility index (Phi) is 5.34. The van der Waals surface area contributed by atoms with Crippen LogP contribution in [-0.4, -0.2) is 55.5 Å². The second kappa shape index (κ2) is 7.45. The van der Waals surface area contributed by atoms with Crippen LogP contribution in [0.5, 0.6) is 0 Å². The minimum atomic E-state index is -0.00514. The number of nitrogens with zero attached hydrogens (tertiary/aromatic N) is 2. The minimum absolute atomic E-state index is 0.00514. The lowest BCUT2D eigenvalue weighted by molar-refractivity contribution is 0.0503. The molecule has 1 aliphatic heterocycles. The number of carbonyl (C=O) groups is 1. The summed E-state index contributed by atoms with van der Waals surface area (Å²) in [5.74, 6) is -0.00514. The Morgan fingerprint density at radius 3 is 2.70 bits per heavy atom. The van der Waals surface area contributed by atoms with Crippen LogP contribution in [0.4, 0.5) is 0 Å². The highest BCUT2D eigenvalue weighted by atomic mass is 16.1. The van der Waals surface area contributed by atoms with Gasteiger partial charge in [0, 0.05) is 44.3 Å². The van der Waals surface area contributed by atoms with Gasteiger partial charge in [-0.25, -0.2) is 0 Å². The first-order valence-electron chi connectivity index (χ1n) is 8.95. The molecule has 1 aliphatic carbocycles. The number of benzene rings is 1. The molecule has 126 valence electrons. The summed E-state index contributed by atoms with van der Waals surface area (Å²) >= 11 is 0. The van der Waals surface area contributed by atoms with E-state index in [0.29, 0.717) is 6.04 Å². The molecule has 4 nitrogen and oxygen atoms in total. The summed E-state index contributed by atoms with van der Waals surface area (Å²) in [6, 6.07) is 9.28. The van der Waals surface area contributed by atoms with Crippen LogP contribution >= 0.6 is 0 Å². The molecule has 2 fully saturated rings. The molecule has 23 heavy (non-hydrogen) atoms. The monoisotopic (exact) mass is 315 g/mol. The maximum atomic E-state index is 11.9. The van der Waals surface area contributed by atoms with E-state index in [1.807, 2.05) is 12.1 Å². The Hall–Kier alpha value is -1.39. The van der Waals surface area contributed by atoms with Crippen molar-refractivity contribution in [1.29, 1.82) is 0 Å². The molecule has 0 aromatic heterocycles. The van der Waals surface area contributed by atoms with Gasteiger partial charge in [0.1, 0.15) is 0 Å². The largest absolute Gasteiger partial charge is 0.355 e. The van der Waals surface area contributed by atoms with Crippen LogP contribution in [-0.2, 0) is 0 Å². The number of hydrogen-bond donors (Lipinski definition) is 1. The molecule has 0 unspecified atom stereocenters. The smallest absolute Gasteiger partial charge is 0.251 e. The van der Waals surface area contributed by atoms with Gasteiger partial charge in [0.05, 0.1) is 0 Å². The quantitative estimate of drug-likeness (QED) is 0.931. The maximum absolute atomic E-state index is 11.9. The van der Waals surface area contributed by atoms with Crippen LogP contribution in [0, 0.1) is 0 Å².